The minimum Gasteiger partial charge on any atom is -0.497 e. The number of aromatic nitrogens is 2. The first kappa shape index (κ1) is 38.6. The van der Waals surface area contributed by atoms with Crippen molar-refractivity contribution in [3.8, 4) is 17.2 Å². The number of anilines is 1. The molecule has 0 fully saturated rings. The van der Waals surface area contributed by atoms with Gasteiger partial charge in [0.2, 0.25) is 15.9 Å². The number of nitrogens with one attached hydrogen (secondary N) is 1. The lowest BCUT2D eigenvalue weighted by molar-refractivity contribution is -0.113. The van der Waals surface area contributed by atoms with Crippen molar-refractivity contribution in [2.75, 3.05) is 38.4 Å². The van der Waals surface area contributed by atoms with Crippen LogP contribution in [0.15, 0.2) is 125 Å². The third-order valence-corrected chi connectivity index (χ3v) is 13.0. The third kappa shape index (κ3) is 7.75. The van der Waals surface area contributed by atoms with Crippen LogP contribution in [0.3, 0.4) is 0 Å². The number of rotatable bonds is 13. The number of hydrogen-bond acceptors (Lipinski definition) is 8. The Morgan fingerprint density at radius 1 is 0.857 bits per heavy atom. The smallest absolute Gasteiger partial charge is 0.254 e. The lowest BCUT2D eigenvalue weighted by atomic mass is 9.89. The first-order valence-electron chi connectivity index (χ1n) is 18.4. The number of para-hydroxylation sites is 2. The van der Waals surface area contributed by atoms with E-state index in [0.717, 1.165) is 16.9 Å². The largest absolute Gasteiger partial charge is 0.497 e. The van der Waals surface area contributed by atoms with E-state index < -0.39 is 10.0 Å². The first-order valence-corrected chi connectivity index (χ1v) is 20.8. The summed E-state index contributed by atoms with van der Waals surface area (Å²) in [6, 6.07) is 35.2. The Morgan fingerprint density at radius 2 is 1.59 bits per heavy atom. The summed E-state index contributed by atoms with van der Waals surface area (Å²) in [5.74, 6) is 0.975. The first-order chi connectivity index (χ1) is 27.1. The molecule has 1 aromatic heterocycles. The van der Waals surface area contributed by atoms with E-state index in [1.807, 2.05) is 64.1 Å². The van der Waals surface area contributed by atoms with Crippen molar-refractivity contribution >= 4 is 50.3 Å². The average Bonchev–Trinajstić information content (AvgIpc) is 3.60. The summed E-state index contributed by atoms with van der Waals surface area (Å²) >= 11 is 1.22. The minimum atomic E-state index is -3.72. The maximum absolute atomic E-state index is 14.1. The molecule has 0 bridgehead atoms. The normalized spacial score (nSPS) is 14.1. The van der Waals surface area contributed by atoms with Gasteiger partial charge in [0.15, 0.2) is 5.16 Å². The Labute approximate surface area is 331 Å². The van der Waals surface area contributed by atoms with E-state index >= 15 is 0 Å². The van der Waals surface area contributed by atoms with Crippen molar-refractivity contribution < 1.29 is 27.5 Å². The van der Waals surface area contributed by atoms with Crippen LogP contribution >= 0.6 is 11.8 Å². The Bertz CT molecular complexity index is 2480. The molecule has 6 aromatic rings. The molecular formula is C43H43N5O6S2. The average molecular weight is 790 g/mol. The van der Waals surface area contributed by atoms with Gasteiger partial charge in [0.25, 0.3) is 5.91 Å². The molecule has 13 heteroatoms. The van der Waals surface area contributed by atoms with E-state index in [0.29, 0.717) is 64.9 Å². The molecule has 5 aromatic carbocycles. The van der Waals surface area contributed by atoms with Gasteiger partial charge in [-0.15, -0.1) is 0 Å². The molecule has 56 heavy (non-hydrogen) atoms. The number of thioether (sulfide) groups is 1. The number of ether oxygens (including phenoxy) is 2. The van der Waals surface area contributed by atoms with Crippen molar-refractivity contribution in [1.29, 1.82) is 0 Å². The summed E-state index contributed by atoms with van der Waals surface area (Å²) in [7, 11) is -0.503. The maximum atomic E-state index is 14.1. The maximum Gasteiger partial charge on any atom is 0.254 e. The van der Waals surface area contributed by atoms with E-state index in [4.69, 9.17) is 14.5 Å². The number of nitrogens with zero attached hydrogens (tertiary/aromatic N) is 4. The number of fused-ring (bicyclic) bond motifs is 2. The number of hydrogen-bond donors (Lipinski definition) is 1. The van der Waals surface area contributed by atoms with Gasteiger partial charge in [-0.2, -0.15) is 4.31 Å². The Morgan fingerprint density at radius 3 is 2.30 bits per heavy atom. The number of carbonyl (C=O) groups excluding carboxylic acids is 2. The highest BCUT2D eigenvalue weighted by molar-refractivity contribution is 7.99. The predicted molar refractivity (Wildman–Crippen MR) is 219 cm³/mol. The van der Waals surface area contributed by atoms with Gasteiger partial charge in [-0.1, -0.05) is 74.1 Å². The van der Waals surface area contributed by atoms with Gasteiger partial charge in [0, 0.05) is 30.9 Å². The number of amides is 2. The molecule has 7 rings (SSSR count). The highest BCUT2D eigenvalue weighted by atomic mass is 32.2. The van der Waals surface area contributed by atoms with E-state index in [1.165, 1.54) is 21.6 Å². The van der Waals surface area contributed by atoms with Crippen molar-refractivity contribution in [3.05, 3.63) is 138 Å². The molecule has 11 nitrogen and oxygen atoms in total. The minimum absolute atomic E-state index is 0.0131. The molecule has 1 aliphatic heterocycles. The quantitative estimate of drug-likeness (QED) is 0.118. The second-order valence-corrected chi connectivity index (χ2v) is 16.1. The van der Waals surface area contributed by atoms with Gasteiger partial charge < -0.3 is 19.7 Å². The summed E-state index contributed by atoms with van der Waals surface area (Å²) in [4.78, 5) is 34.3. The van der Waals surface area contributed by atoms with Crippen LogP contribution in [0, 0.1) is 0 Å². The highest BCUT2D eigenvalue weighted by Crippen LogP contribution is 2.37. The summed E-state index contributed by atoms with van der Waals surface area (Å²) < 4.78 is 41.1. The number of methoxy groups -OCH3 is 2. The van der Waals surface area contributed by atoms with Gasteiger partial charge in [-0.3, -0.25) is 14.2 Å². The van der Waals surface area contributed by atoms with Crippen molar-refractivity contribution in [2.45, 2.75) is 42.9 Å². The molecule has 1 N–H and O–H groups in total. The van der Waals surface area contributed by atoms with Crippen LogP contribution in [-0.4, -0.2) is 72.1 Å². The molecule has 0 aliphatic carbocycles. The lowest BCUT2D eigenvalue weighted by Gasteiger charge is -2.37. The van der Waals surface area contributed by atoms with E-state index in [9.17, 15) is 18.0 Å². The fraction of sp³-hybridized carbons (Fsp3) is 0.233. The van der Waals surface area contributed by atoms with E-state index in [2.05, 4.69) is 23.5 Å². The Balaban J connectivity index is 1.10. The van der Waals surface area contributed by atoms with Gasteiger partial charge in [0.1, 0.15) is 11.5 Å². The highest BCUT2D eigenvalue weighted by Gasteiger charge is 2.32. The van der Waals surface area contributed by atoms with Gasteiger partial charge in [-0.05, 0) is 89.8 Å². The lowest BCUT2D eigenvalue weighted by Crippen LogP contribution is -2.39. The Kier molecular flexibility index (Phi) is 11.5. The molecule has 0 saturated carbocycles. The molecule has 2 amide bonds. The van der Waals surface area contributed by atoms with Crippen LogP contribution in [0.2, 0.25) is 0 Å². The summed E-state index contributed by atoms with van der Waals surface area (Å²) in [5, 5.41) is 3.44. The fourth-order valence-corrected chi connectivity index (χ4v) is 9.42. The second-order valence-electron chi connectivity index (χ2n) is 13.3. The molecule has 2 heterocycles. The zero-order valence-electron chi connectivity index (χ0n) is 31.6. The number of carbonyl (C=O) groups is 2. The standard InChI is InChI=1S/C43H43N5O6S2/c1-5-46(6-2)56(51,52)35-22-23-37-36(26-35)45-43(48(37)38-14-10-11-15-40(38)54-4)55-28-41(49)44-33-19-16-30(17-20-33)42(50)47-27-32-24-34(53-3)21-18-31(32)25-39(47)29-12-8-7-9-13-29/h7-24,26,39H,5-6,25,27-28H2,1-4H3,(H,44,49). The third-order valence-electron chi connectivity index (χ3n) is 10.0. The van der Waals surface area contributed by atoms with Crippen LogP contribution in [0.25, 0.3) is 16.7 Å². The number of sulfonamides is 1. The van der Waals surface area contributed by atoms with Crippen molar-refractivity contribution in [1.82, 2.24) is 18.8 Å². The van der Waals surface area contributed by atoms with Crippen LogP contribution in [0.4, 0.5) is 5.69 Å². The van der Waals surface area contributed by atoms with Crippen molar-refractivity contribution in [3.63, 3.8) is 0 Å². The molecule has 1 unspecified atom stereocenters. The molecule has 0 radical (unpaired) electrons. The van der Waals surface area contributed by atoms with Crippen LogP contribution in [0.1, 0.15) is 46.9 Å². The molecule has 1 aliphatic rings. The monoisotopic (exact) mass is 789 g/mol. The van der Waals surface area contributed by atoms with Gasteiger partial charge in [-0.25, -0.2) is 13.4 Å². The number of imidazole rings is 1. The molecule has 0 spiro atoms. The SMILES string of the molecule is CCN(CC)S(=O)(=O)c1ccc2c(c1)nc(SCC(=O)Nc1ccc(C(=O)N3Cc4cc(OC)ccc4CC3c3ccccc3)cc1)n2-c1ccccc1OC. The van der Waals surface area contributed by atoms with Crippen molar-refractivity contribution in [2.24, 2.45) is 0 Å². The predicted octanol–water partition coefficient (Wildman–Crippen LogP) is 7.74. The Hall–Kier alpha value is -5.63. The summed E-state index contributed by atoms with van der Waals surface area (Å²) in [6.45, 7) is 4.74. The zero-order valence-corrected chi connectivity index (χ0v) is 33.3. The summed E-state index contributed by atoms with van der Waals surface area (Å²) in [6.07, 6.45) is 0.683. The van der Waals surface area contributed by atoms with Crippen LogP contribution < -0.4 is 14.8 Å². The molecular weight excluding hydrogens is 747 g/mol. The van der Waals surface area contributed by atoms with Gasteiger partial charge in [0.05, 0.1) is 47.6 Å². The van der Waals surface area contributed by atoms with E-state index in [1.54, 1.807) is 70.5 Å². The molecule has 1 atom stereocenters. The molecule has 288 valence electrons. The summed E-state index contributed by atoms with van der Waals surface area (Å²) in [5.41, 5.74) is 6.20. The van der Waals surface area contributed by atoms with Gasteiger partial charge >= 0.3 is 0 Å². The van der Waals surface area contributed by atoms with Crippen LogP contribution in [-0.2, 0) is 27.8 Å². The van der Waals surface area contributed by atoms with Crippen LogP contribution in [0.5, 0.6) is 11.5 Å². The van der Waals surface area contributed by atoms with E-state index in [-0.39, 0.29) is 28.5 Å². The number of benzene rings is 5. The second kappa shape index (κ2) is 16.6. The zero-order chi connectivity index (χ0) is 39.4. The fourth-order valence-electron chi connectivity index (χ4n) is 7.12. The molecule has 0 saturated heterocycles. The topological polar surface area (TPSA) is 123 Å².